The number of hydrogen-bond donors (Lipinski definition) is 5. The molecule has 0 fully saturated rings. The monoisotopic (exact) mass is 354 g/mol. The van der Waals surface area contributed by atoms with Gasteiger partial charge in [-0.3, -0.25) is 4.79 Å². The molecule has 136 valence electrons. The molecule has 1 aromatic rings. The number of carbonyl (C=O) groups excluding carboxylic acids is 2. The highest BCUT2D eigenvalue weighted by Gasteiger charge is 2.39. The van der Waals surface area contributed by atoms with Crippen LogP contribution in [0, 0.1) is 0 Å². The molecule has 5 N–H and O–H groups in total. The summed E-state index contributed by atoms with van der Waals surface area (Å²) in [7, 11) is 0. The molecule has 0 aromatic heterocycles. The standard InChI is InChI=1S/C16H18O9/c17-9-5-4-8(10(18)6-9)2-1-3-12(20)24-7-11(19)15-13(21)14(22)16(23)25-15/h4-6,11,15,17-19,21-22H,1-3,7H2/t11-,15+/m0/s1. The molecule has 1 heterocycles. The van der Waals surface area contributed by atoms with Gasteiger partial charge in [0.15, 0.2) is 11.9 Å². The molecule has 0 bridgehead atoms. The van der Waals surface area contributed by atoms with Crippen LogP contribution in [0.1, 0.15) is 18.4 Å². The molecule has 0 aliphatic carbocycles. The van der Waals surface area contributed by atoms with Crippen molar-refractivity contribution in [3.63, 3.8) is 0 Å². The largest absolute Gasteiger partial charge is 0.508 e. The number of carbonyl (C=O) groups is 2. The molecular weight excluding hydrogens is 336 g/mol. The van der Waals surface area contributed by atoms with Gasteiger partial charge < -0.3 is 35.0 Å². The third kappa shape index (κ3) is 4.54. The van der Waals surface area contributed by atoms with E-state index in [-0.39, 0.29) is 17.9 Å². The number of aliphatic hydroxyl groups is 3. The zero-order valence-electron chi connectivity index (χ0n) is 13.1. The number of phenols is 2. The summed E-state index contributed by atoms with van der Waals surface area (Å²) in [5, 5.41) is 47.1. The third-order valence-corrected chi connectivity index (χ3v) is 3.60. The Balaban J connectivity index is 1.73. The minimum atomic E-state index is -1.52. The second-order valence-electron chi connectivity index (χ2n) is 5.48. The van der Waals surface area contributed by atoms with Crippen LogP contribution in [0.5, 0.6) is 11.5 Å². The van der Waals surface area contributed by atoms with Crippen LogP contribution < -0.4 is 0 Å². The van der Waals surface area contributed by atoms with Gasteiger partial charge in [0.1, 0.15) is 24.2 Å². The molecule has 1 aliphatic rings. The zero-order valence-corrected chi connectivity index (χ0v) is 13.1. The van der Waals surface area contributed by atoms with Gasteiger partial charge in [0.25, 0.3) is 0 Å². The van der Waals surface area contributed by atoms with Crippen LogP contribution in [0.3, 0.4) is 0 Å². The number of phenolic OH excluding ortho intramolecular Hbond substituents is 2. The molecule has 2 atom stereocenters. The highest BCUT2D eigenvalue weighted by atomic mass is 16.6. The molecule has 0 radical (unpaired) electrons. The lowest BCUT2D eigenvalue weighted by Gasteiger charge is -2.17. The van der Waals surface area contributed by atoms with Crippen molar-refractivity contribution < 1.29 is 44.6 Å². The number of ether oxygens (including phenoxy) is 2. The number of aryl methyl sites for hydroxylation is 1. The van der Waals surface area contributed by atoms with E-state index in [1.54, 1.807) is 0 Å². The molecule has 0 amide bonds. The van der Waals surface area contributed by atoms with E-state index >= 15 is 0 Å². The minimum Gasteiger partial charge on any atom is -0.508 e. The second kappa shape index (κ2) is 7.75. The Kier molecular flexibility index (Phi) is 5.71. The number of aliphatic hydroxyl groups excluding tert-OH is 3. The Morgan fingerprint density at radius 3 is 2.56 bits per heavy atom. The van der Waals surface area contributed by atoms with Crippen LogP contribution in [0.25, 0.3) is 0 Å². The number of esters is 2. The summed E-state index contributed by atoms with van der Waals surface area (Å²) in [6, 6.07) is 4.15. The maximum atomic E-state index is 11.6. The summed E-state index contributed by atoms with van der Waals surface area (Å²) in [6.45, 7) is -0.529. The third-order valence-electron chi connectivity index (χ3n) is 3.60. The Bertz CT molecular complexity index is 695. The van der Waals surface area contributed by atoms with Crippen molar-refractivity contribution >= 4 is 11.9 Å². The lowest BCUT2D eigenvalue weighted by Crippen LogP contribution is -2.33. The Morgan fingerprint density at radius 2 is 1.96 bits per heavy atom. The van der Waals surface area contributed by atoms with E-state index in [0.717, 1.165) is 0 Å². The molecule has 0 unspecified atom stereocenters. The van der Waals surface area contributed by atoms with Gasteiger partial charge in [-0.25, -0.2) is 4.79 Å². The first-order valence-electron chi connectivity index (χ1n) is 7.47. The highest BCUT2D eigenvalue weighted by molar-refractivity contribution is 5.89. The lowest BCUT2D eigenvalue weighted by atomic mass is 10.1. The molecular formula is C16H18O9. The summed E-state index contributed by atoms with van der Waals surface area (Å²) < 4.78 is 9.36. The first-order chi connectivity index (χ1) is 11.8. The van der Waals surface area contributed by atoms with E-state index in [1.165, 1.54) is 18.2 Å². The Hall–Kier alpha value is -2.94. The van der Waals surface area contributed by atoms with Crippen LogP contribution in [-0.2, 0) is 25.5 Å². The molecule has 1 aliphatic heterocycles. The number of aromatic hydroxyl groups is 2. The molecule has 25 heavy (non-hydrogen) atoms. The van der Waals surface area contributed by atoms with Gasteiger partial charge in [0, 0.05) is 12.5 Å². The van der Waals surface area contributed by atoms with E-state index in [0.29, 0.717) is 18.4 Å². The minimum absolute atomic E-state index is 0.00453. The van der Waals surface area contributed by atoms with Crippen LogP contribution in [0.15, 0.2) is 29.7 Å². The van der Waals surface area contributed by atoms with E-state index < -0.39 is 42.3 Å². The summed E-state index contributed by atoms with van der Waals surface area (Å²) in [4.78, 5) is 22.7. The van der Waals surface area contributed by atoms with Gasteiger partial charge in [-0.05, 0) is 24.5 Å². The summed E-state index contributed by atoms with van der Waals surface area (Å²) in [5.74, 6) is -3.73. The molecule has 9 heteroatoms. The Morgan fingerprint density at radius 1 is 1.24 bits per heavy atom. The van der Waals surface area contributed by atoms with Gasteiger partial charge in [-0.15, -0.1) is 0 Å². The fourth-order valence-electron chi connectivity index (χ4n) is 2.25. The van der Waals surface area contributed by atoms with Crippen molar-refractivity contribution in [3.8, 4) is 11.5 Å². The second-order valence-corrected chi connectivity index (χ2v) is 5.48. The van der Waals surface area contributed by atoms with Crippen molar-refractivity contribution in [1.29, 1.82) is 0 Å². The fourth-order valence-corrected chi connectivity index (χ4v) is 2.25. The summed E-state index contributed by atoms with van der Waals surface area (Å²) in [6.07, 6.45) is -2.25. The first-order valence-corrected chi connectivity index (χ1v) is 7.47. The number of hydrogen-bond acceptors (Lipinski definition) is 9. The molecule has 0 saturated heterocycles. The van der Waals surface area contributed by atoms with Crippen LogP contribution in [0.4, 0.5) is 0 Å². The summed E-state index contributed by atoms with van der Waals surface area (Å²) in [5.41, 5.74) is 0.564. The number of cyclic esters (lactones) is 1. The normalized spacial score (nSPS) is 18.1. The van der Waals surface area contributed by atoms with Crippen molar-refractivity contribution in [2.24, 2.45) is 0 Å². The van der Waals surface area contributed by atoms with Crippen LogP contribution in [-0.4, -0.2) is 56.3 Å². The molecule has 0 spiro atoms. The predicted molar refractivity (Wildman–Crippen MR) is 81.8 cm³/mol. The van der Waals surface area contributed by atoms with Gasteiger partial charge in [0.05, 0.1) is 0 Å². The fraction of sp³-hybridized carbons (Fsp3) is 0.375. The molecule has 2 rings (SSSR count). The smallest absolute Gasteiger partial charge is 0.377 e. The summed E-state index contributed by atoms with van der Waals surface area (Å²) >= 11 is 0. The Labute approximate surface area is 142 Å². The van der Waals surface area contributed by atoms with E-state index in [9.17, 15) is 30.0 Å². The van der Waals surface area contributed by atoms with Crippen molar-refractivity contribution in [2.45, 2.75) is 31.5 Å². The zero-order chi connectivity index (χ0) is 18.6. The maximum Gasteiger partial charge on any atom is 0.377 e. The van der Waals surface area contributed by atoms with Crippen LogP contribution >= 0.6 is 0 Å². The lowest BCUT2D eigenvalue weighted by molar-refractivity contribution is -0.154. The number of rotatable bonds is 7. The topological polar surface area (TPSA) is 154 Å². The molecule has 1 aromatic carbocycles. The quantitative estimate of drug-likeness (QED) is 0.442. The molecule has 9 nitrogen and oxygen atoms in total. The maximum absolute atomic E-state index is 11.6. The van der Waals surface area contributed by atoms with E-state index in [2.05, 4.69) is 4.74 Å². The van der Waals surface area contributed by atoms with Crippen molar-refractivity contribution in [2.75, 3.05) is 6.61 Å². The van der Waals surface area contributed by atoms with Crippen molar-refractivity contribution in [1.82, 2.24) is 0 Å². The van der Waals surface area contributed by atoms with Crippen molar-refractivity contribution in [3.05, 3.63) is 35.3 Å². The number of benzene rings is 1. The average Bonchev–Trinajstić information content (AvgIpc) is 2.82. The highest BCUT2D eigenvalue weighted by Crippen LogP contribution is 2.24. The van der Waals surface area contributed by atoms with Crippen LogP contribution in [0.2, 0.25) is 0 Å². The van der Waals surface area contributed by atoms with E-state index in [1.807, 2.05) is 0 Å². The SMILES string of the molecule is O=C(CCCc1ccc(O)cc1O)OC[C@H](O)[C@H]1OC(=O)C(O)=C1O. The molecule has 0 saturated carbocycles. The van der Waals surface area contributed by atoms with Gasteiger partial charge >= 0.3 is 11.9 Å². The first kappa shape index (κ1) is 18.4. The average molecular weight is 354 g/mol. The van der Waals surface area contributed by atoms with Gasteiger partial charge in [-0.1, -0.05) is 6.07 Å². The van der Waals surface area contributed by atoms with E-state index in [4.69, 9.17) is 9.84 Å². The van der Waals surface area contributed by atoms with Gasteiger partial charge in [0.2, 0.25) is 5.76 Å². The predicted octanol–water partition coefficient (Wildman–Crippen LogP) is 0.578. The van der Waals surface area contributed by atoms with Gasteiger partial charge in [-0.2, -0.15) is 0 Å².